The number of carbonyl (C=O) groups excluding carboxylic acids is 1. The molecule has 9 rings (SSSR count). The molecule has 0 aliphatic heterocycles. The normalized spacial score (nSPS) is 19.6. The third kappa shape index (κ3) is 10.3. The molecule has 4 fully saturated rings. The van der Waals surface area contributed by atoms with Crippen LogP contribution in [0.4, 0.5) is 5.69 Å². The smallest absolute Gasteiger partial charge is 0.305 e. The number of halogens is 1. The van der Waals surface area contributed by atoms with E-state index in [9.17, 15) is 9.59 Å². The summed E-state index contributed by atoms with van der Waals surface area (Å²) in [6.07, 6.45) is 25.5. The van der Waals surface area contributed by atoms with E-state index >= 15 is 0 Å². The van der Waals surface area contributed by atoms with E-state index in [2.05, 4.69) is 63.2 Å². The number of aromatic nitrogens is 4. The zero-order valence-electron chi connectivity index (χ0n) is 36.3. The van der Waals surface area contributed by atoms with Crippen LogP contribution in [0.2, 0.25) is 0 Å². The number of carbonyl (C=O) groups is 2. The van der Waals surface area contributed by atoms with Gasteiger partial charge in [0.2, 0.25) is 0 Å². The zero-order valence-corrected chi connectivity index (χ0v) is 37.1. The number of hydrogen-bond donors (Lipinski definition) is 2. The van der Waals surface area contributed by atoms with Gasteiger partial charge in [-0.15, -0.1) is 11.6 Å². The second-order valence-corrected chi connectivity index (χ2v) is 19.0. The number of para-hydroxylation sites is 2. The highest BCUT2D eigenvalue weighted by molar-refractivity contribution is 6.21. The van der Waals surface area contributed by atoms with Gasteiger partial charge in [0.25, 0.3) is 5.91 Å². The van der Waals surface area contributed by atoms with E-state index in [1.807, 2.05) is 24.3 Å². The summed E-state index contributed by atoms with van der Waals surface area (Å²) in [5.74, 6) is 0.0316. The monoisotopic (exact) mass is 846 g/mol. The van der Waals surface area contributed by atoms with Crippen LogP contribution in [0.15, 0.2) is 72.8 Å². The summed E-state index contributed by atoms with van der Waals surface area (Å²) in [6.45, 7) is 0.189. The number of carboxylic acids is 1. The molecular formula is C51H67ClN6O3. The van der Waals surface area contributed by atoms with Gasteiger partial charge >= 0.3 is 5.97 Å². The van der Waals surface area contributed by atoms with E-state index in [1.165, 1.54) is 155 Å². The molecule has 4 saturated carbocycles. The second kappa shape index (κ2) is 20.7. The SMILES string of the molecule is CN(CCC(=O)O)C(=O)c1ccc(NC(c2nn(C3CCCCC3)c3ccccc23)C2CCCCC2)cc1.ClC(c1nn(C2CCCCC2)c2ccccc12)C1CCCCC1. The minimum atomic E-state index is -0.906. The first-order valence-electron chi connectivity index (χ1n) is 23.8. The van der Waals surface area contributed by atoms with E-state index in [0.29, 0.717) is 29.5 Å². The van der Waals surface area contributed by atoms with Gasteiger partial charge in [0.15, 0.2) is 0 Å². The van der Waals surface area contributed by atoms with Crippen molar-refractivity contribution in [2.45, 2.75) is 158 Å². The van der Waals surface area contributed by atoms with Crippen molar-refractivity contribution >= 4 is 51.0 Å². The maximum atomic E-state index is 12.8. The Morgan fingerprint density at radius 2 is 1.11 bits per heavy atom. The van der Waals surface area contributed by atoms with Gasteiger partial charge in [0.05, 0.1) is 52.3 Å². The van der Waals surface area contributed by atoms with Crippen LogP contribution in [0.5, 0.6) is 0 Å². The fraction of sp³-hybridized carbons (Fsp3) is 0.569. The van der Waals surface area contributed by atoms with Gasteiger partial charge < -0.3 is 15.3 Å². The molecule has 9 nitrogen and oxygen atoms in total. The molecule has 2 atom stereocenters. The predicted molar refractivity (Wildman–Crippen MR) is 247 cm³/mol. The highest BCUT2D eigenvalue weighted by atomic mass is 35.5. The van der Waals surface area contributed by atoms with Crippen LogP contribution < -0.4 is 5.32 Å². The Morgan fingerprint density at radius 1 is 0.656 bits per heavy atom. The Morgan fingerprint density at radius 3 is 1.64 bits per heavy atom. The molecule has 2 aromatic heterocycles. The fourth-order valence-electron chi connectivity index (χ4n) is 10.9. The lowest BCUT2D eigenvalue weighted by Crippen LogP contribution is -2.29. The van der Waals surface area contributed by atoms with Crippen LogP contribution in [0.1, 0.15) is 180 Å². The first kappa shape index (κ1) is 43.3. The molecule has 2 N–H and O–H groups in total. The minimum absolute atomic E-state index is 0.0631. The maximum Gasteiger partial charge on any atom is 0.305 e. The molecule has 3 aromatic carbocycles. The van der Waals surface area contributed by atoms with Crippen LogP contribution in [0.25, 0.3) is 21.8 Å². The number of amides is 1. The van der Waals surface area contributed by atoms with Gasteiger partial charge in [0, 0.05) is 35.6 Å². The third-order valence-electron chi connectivity index (χ3n) is 14.3. The largest absolute Gasteiger partial charge is 0.481 e. The Labute approximate surface area is 367 Å². The third-order valence-corrected chi connectivity index (χ3v) is 14.9. The number of hydrogen-bond acceptors (Lipinski definition) is 5. The maximum absolute atomic E-state index is 12.8. The predicted octanol–water partition coefficient (Wildman–Crippen LogP) is 13.2. The average Bonchev–Trinajstić information content (AvgIpc) is 3.91. The van der Waals surface area contributed by atoms with Crippen molar-refractivity contribution in [3.63, 3.8) is 0 Å². The Balaban J connectivity index is 0.000000190. The van der Waals surface area contributed by atoms with E-state index in [1.54, 1.807) is 7.05 Å². The first-order valence-corrected chi connectivity index (χ1v) is 24.2. The average molecular weight is 848 g/mol. The zero-order chi connectivity index (χ0) is 42.1. The highest BCUT2D eigenvalue weighted by Crippen LogP contribution is 2.43. The van der Waals surface area contributed by atoms with Crippen LogP contribution in [-0.2, 0) is 4.79 Å². The molecule has 2 unspecified atom stereocenters. The summed E-state index contributed by atoms with van der Waals surface area (Å²) in [4.78, 5) is 25.1. The molecular weight excluding hydrogens is 780 g/mol. The molecule has 0 saturated heterocycles. The summed E-state index contributed by atoms with van der Waals surface area (Å²) in [7, 11) is 1.64. The van der Waals surface area contributed by atoms with Crippen LogP contribution in [0, 0.1) is 11.8 Å². The van der Waals surface area contributed by atoms with Crippen molar-refractivity contribution in [2.24, 2.45) is 11.8 Å². The van der Waals surface area contributed by atoms with Crippen LogP contribution in [-0.4, -0.2) is 55.0 Å². The topological polar surface area (TPSA) is 105 Å². The number of aliphatic carboxylic acids is 1. The number of rotatable bonds is 12. The molecule has 0 spiro atoms. The van der Waals surface area contributed by atoms with Crippen molar-refractivity contribution in [1.29, 1.82) is 0 Å². The summed E-state index contributed by atoms with van der Waals surface area (Å²) in [5.41, 5.74) is 6.34. The number of fused-ring (bicyclic) bond motifs is 2. The fourth-order valence-corrected chi connectivity index (χ4v) is 11.3. The Bertz CT molecular complexity index is 2190. The summed E-state index contributed by atoms with van der Waals surface area (Å²) in [5, 5.41) is 25.8. The lowest BCUT2D eigenvalue weighted by Gasteiger charge is -2.31. The molecule has 10 heteroatoms. The van der Waals surface area contributed by atoms with Gasteiger partial charge in [-0.2, -0.15) is 10.2 Å². The van der Waals surface area contributed by atoms with Crippen molar-refractivity contribution < 1.29 is 14.7 Å². The number of nitrogens with one attached hydrogen (secondary N) is 1. The molecule has 4 aliphatic carbocycles. The van der Waals surface area contributed by atoms with Crippen molar-refractivity contribution in [1.82, 2.24) is 24.5 Å². The van der Waals surface area contributed by atoms with Gasteiger partial charge in [0.1, 0.15) is 0 Å². The summed E-state index contributed by atoms with van der Waals surface area (Å²) in [6, 6.07) is 26.1. The van der Waals surface area contributed by atoms with Crippen LogP contribution in [0.3, 0.4) is 0 Å². The highest BCUT2D eigenvalue weighted by Gasteiger charge is 2.32. The van der Waals surface area contributed by atoms with E-state index in [4.69, 9.17) is 26.9 Å². The first-order chi connectivity index (χ1) is 29.9. The number of carboxylic acid groups (broad SMARTS) is 1. The molecule has 4 aliphatic rings. The van der Waals surface area contributed by atoms with Gasteiger partial charge in [-0.3, -0.25) is 19.0 Å². The minimum Gasteiger partial charge on any atom is -0.481 e. The molecule has 61 heavy (non-hydrogen) atoms. The van der Waals surface area contributed by atoms with Crippen molar-refractivity contribution in [2.75, 3.05) is 18.9 Å². The van der Waals surface area contributed by atoms with Crippen LogP contribution >= 0.6 is 11.6 Å². The molecule has 0 radical (unpaired) electrons. The Hall–Kier alpha value is -4.37. The van der Waals surface area contributed by atoms with E-state index in [0.717, 1.165) is 17.1 Å². The van der Waals surface area contributed by atoms with Gasteiger partial charge in [-0.05, 0) is 99.6 Å². The number of benzene rings is 3. The number of nitrogens with zero attached hydrogens (tertiary/aromatic N) is 5. The van der Waals surface area contributed by atoms with Crippen molar-refractivity contribution in [3.8, 4) is 0 Å². The molecule has 1 amide bonds. The molecule has 2 heterocycles. The second-order valence-electron chi connectivity index (χ2n) is 18.5. The van der Waals surface area contributed by atoms with E-state index in [-0.39, 0.29) is 30.3 Å². The number of alkyl halides is 1. The summed E-state index contributed by atoms with van der Waals surface area (Å²) < 4.78 is 4.62. The van der Waals surface area contributed by atoms with E-state index < -0.39 is 5.97 Å². The lowest BCUT2D eigenvalue weighted by molar-refractivity contribution is -0.137. The van der Waals surface area contributed by atoms with Gasteiger partial charge in [-0.25, -0.2) is 0 Å². The summed E-state index contributed by atoms with van der Waals surface area (Å²) >= 11 is 6.94. The van der Waals surface area contributed by atoms with Crippen molar-refractivity contribution in [3.05, 3.63) is 89.7 Å². The molecule has 326 valence electrons. The Kier molecular flexibility index (Phi) is 14.7. The molecule has 5 aromatic rings. The lowest BCUT2D eigenvalue weighted by atomic mass is 9.82. The van der Waals surface area contributed by atoms with Gasteiger partial charge in [-0.1, -0.05) is 113 Å². The molecule has 0 bridgehead atoms. The number of anilines is 1. The standard InChI is InChI=1S/C31H40N4O3.C20H27ClN2/c1-34(21-20-28(36)37)31(38)23-16-18-24(19-17-23)32-29(22-10-4-2-5-11-22)30-26-14-8-9-15-27(26)35(33-30)25-12-6-3-7-13-25;21-19(15-9-3-1-4-10-15)20-17-13-7-8-14-18(17)23(22-20)16-11-5-2-6-12-16/h8-9,14-19,22,25,29,32H,2-7,10-13,20-21H2,1H3,(H,36,37);7-8,13-16,19H,1-6,9-12H2. The quantitative estimate of drug-likeness (QED) is 0.121.